The number of carbonyl (C=O) groups is 3. The van der Waals surface area contributed by atoms with Crippen molar-refractivity contribution in [3.63, 3.8) is 0 Å². The fraction of sp³-hybridized carbons (Fsp3) is 0.185. The minimum absolute atomic E-state index is 0.227. The molecular weight excluding hydrogens is 540 g/mol. The second kappa shape index (κ2) is 13.2. The van der Waals surface area contributed by atoms with Crippen LogP contribution >= 0.6 is 15.9 Å². The van der Waals surface area contributed by atoms with Gasteiger partial charge in [-0.1, -0.05) is 47.5 Å². The zero-order chi connectivity index (χ0) is 26.8. The first-order valence-corrected chi connectivity index (χ1v) is 12.1. The van der Waals surface area contributed by atoms with E-state index in [0.717, 1.165) is 16.7 Å². The molecule has 3 aromatic carbocycles. The Morgan fingerprint density at radius 2 is 1.59 bits per heavy atom. The van der Waals surface area contributed by atoms with Gasteiger partial charge in [0.1, 0.15) is 0 Å². The minimum Gasteiger partial charge on any atom is -0.493 e. The van der Waals surface area contributed by atoms with Crippen LogP contribution in [0.15, 0.2) is 70.2 Å². The SMILES string of the molecule is COc1cc(/C=N\NC(=O)C(=O)NCc2ccc(C)cc2)cc(Br)c1OCC(=O)Nc1ccc(C)cc1. The van der Waals surface area contributed by atoms with E-state index in [4.69, 9.17) is 9.47 Å². The van der Waals surface area contributed by atoms with Crippen molar-refractivity contribution < 1.29 is 23.9 Å². The van der Waals surface area contributed by atoms with Gasteiger partial charge in [0.15, 0.2) is 18.1 Å². The van der Waals surface area contributed by atoms with E-state index >= 15 is 0 Å². The lowest BCUT2D eigenvalue weighted by atomic mass is 10.1. The number of carbonyl (C=O) groups excluding carboxylic acids is 3. The van der Waals surface area contributed by atoms with Crippen LogP contribution in [0, 0.1) is 13.8 Å². The topological polar surface area (TPSA) is 118 Å². The molecule has 0 aliphatic carbocycles. The van der Waals surface area contributed by atoms with Crippen molar-refractivity contribution >= 4 is 45.6 Å². The lowest BCUT2D eigenvalue weighted by Gasteiger charge is -2.13. The molecule has 3 rings (SSSR count). The molecule has 9 nitrogen and oxygen atoms in total. The second-order valence-electron chi connectivity index (χ2n) is 8.10. The number of hydrogen-bond donors (Lipinski definition) is 3. The molecule has 0 aliphatic heterocycles. The Balaban J connectivity index is 1.53. The first-order chi connectivity index (χ1) is 17.7. The first kappa shape index (κ1) is 27.4. The van der Waals surface area contributed by atoms with E-state index in [1.807, 2.05) is 62.4 Å². The number of rotatable bonds is 9. The third kappa shape index (κ3) is 8.46. The fourth-order valence-corrected chi connectivity index (χ4v) is 3.69. The molecule has 0 aromatic heterocycles. The highest BCUT2D eigenvalue weighted by Crippen LogP contribution is 2.36. The van der Waals surface area contributed by atoms with Crippen LogP contribution in [0.4, 0.5) is 5.69 Å². The second-order valence-corrected chi connectivity index (χ2v) is 8.96. The summed E-state index contributed by atoms with van der Waals surface area (Å²) in [5, 5.41) is 9.14. The highest BCUT2D eigenvalue weighted by Gasteiger charge is 2.15. The number of aryl methyl sites for hydroxylation is 2. The van der Waals surface area contributed by atoms with E-state index in [0.29, 0.717) is 27.2 Å². The molecule has 192 valence electrons. The van der Waals surface area contributed by atoms with E-state index < -0.39 is 11.8 Å². The highest BCUT2D eigenvalue weighted by atomic mass is 79.9. The zero-order valence-electron chi connectivity index (χ0n) is 20.6. The standard InChI is InChI=1S/C27H27BrN4O5/c1-17-4-8-19(9-5-17)14-29-26(34)27(35)32-30-15-20-12-22(28)25(23(13-20)36-3)37-16-24(33)31-21-10-6-18(2)7-11-21/h4-13,15H,14,16H2,1-3H3,(H,29,34)(H,31,33)(H,32,35)/b30-15-. The van der Waals surface area contributed by atoms with Gasteiger partial charge < -0.3 is 20.1 Å². The third-order valence-corrected chi connectivity index (χ3v) is 5.68. The van der Waals surface area contributed by atoms with Gasteiger partial charge in [-0.3, -0.25) is 14.4 Å². The molecule has 0 aliphatic rings. The smallest absolute Gasteiger partial charge is 0.329 e. The van der Waals surface area contributed by atoms with Gasteiger partial charge in [-0.15, -0.1) is 0 Å². The minimum atomic E-state index is -0.895. The van der Waals surface area contributed by atoms with E-state index in [-0.39, 0.29) is 19.1 Å². The highest BCUT2D eigenvalue weighted by molar-refractivity contribution is 9.10. The van der Waals surface area contributed by atoms with Gasteiger partial charge in [-0.05, 0) is 65.2 Å². The number of halogens is 1. The maximum atomic E-state index is 12.3. The fourth-order valence-electron chi connectivity index (χ4n) is 3.11. The third-order valence-electron chi connectivity index (χ3n) is 5.09. The summed E-state index contributed by atoms with van der Waals surface area (Å²) >= 11 is 3.41. The summed E-state index contributed by atoms with van der Waals surface area (Å²) in [6.45, 7) is 3.93. The summed E-state index contributed by atoms with van der Waals surface area (Å²) < 4.78 is 11.6. The molecule has 0 unspecified atom stereocenters. The molecule has 0 heterocycles. The van der Waals surface area contributed by atoms with Gasteiger partial charge in [-0.2, -0.15) is 5.10 Å². The molecule has 0 spiro atoms. The first-order valence-electron chi connectivity index (χ1n) is 11.3. The lowest BCUT2D eigenvalue weighted by molar-refractivity contribution is -0.139. The van der Waals surface area contributed by atoms with Crippen molar-refractivity contribution in [1.29, 1.82) is 0 Å². The van der Waals surface area contributed by atoms with Gasteiger partial charge in [0.05, 0.1) is 17.8 Å². The number of benzene rings is 3. The number of nitrogens with one attached hydrogen (secondary N) is 3. The lowest BCUT2D eigenvalue weighted by Crippen LogP contribution is -2.37. The summed E-state index contributed by atoms with van der Waals surface area (Å²) in [6, 6.07) is 18.3. The van der Waals surface area contributed by atoms with Gasteiger partial charge >= 0.3 is 11.8 Å². The van der Waals surface area contributed by atoms with Crippen molar-refractivity contribution in [2.24, 2.45) is 5.10 Å². The Morgan fingerprint density at radius 3 is 2.24 bits per heavy atom. The predicted molar refractivity (Wildman–Crippen MR) is 145 cm³/mol. The van der Waals surface area contributed by atoms with E-state index in [1.54, 1.807) is 12.1 Å². The molecule has 3 amide bonds. The number of methoxy groups -OCH3 is 1. The van der Waals surface area contributed by atoms with Crippen LogP contribution in [0.5, 0.6) is 11.5 Å². The number of nitrogens with zero attached hydrogens (tertiary/aromatic N) is 1. The number of anilines is 1. The molecule has 3 aromatic rings. The average Bonchev–Trinajstić information content (AvgIpc) is 2.88. The number of hydrazone groups is 1. The Labute approximate surface area is 223 Å². The van der Waals surface area contributed by atoms with Crippen molar-refractivity contribution in [2.45, 2.75) is 20.4 Å². The molecule has 37 heavy (non-hydrogen) atoms. The van der Waals surface area contributed by atoms with Crippen LogP contribution in [0.1, 0.15) is 22.3 Å². The molecule has 0 fully saturated rings. The molecule has 3 N–H and O–H groups in total. The molecule has 10 heteroatoms. The van der Waals surface area contributed by atoms with Gasteiger partial charge in [0, 0.05) is 12.2 Å². The van der Waals surface area contributed by atoms with E-state index in [1.165, 1.54) is 13.3 Å². The summed E-state index contributed by atoms with van der Waals surface area (Å²) in [5.41, 5.74) is 6.49. The summed E-state index contributed by atoms with van der Waals surface area (Å²) in [6.07, 6.45) is 1.35. The predicted octanol–water partition coefficient (Wildman–Crippen LogP) is 3.86. The molecule has 0 saturated carbocycles. The quantitative estimate of drug-likeness (QED) is 0.206. The van der Waals surface area contributed by atoms with Gasteiger partial charge in [0.25, 0.3) is 5.91 Å². The Kier molecular flexibility index (Phi) is 9.79. The van der Waals surface area contributed by atoms with E-state index in [2.05, 4.69) is 37.1 Å². The van der Waals surface area contributed by atoms with Crippen LogP contribution in [-0.2, 0) is 20.9 Å². The normalized spacial score (nSPS) is 10.6. The number of amides is 3. The molecule has 0 saturated heterocycles. The van der Waals surface area contributed by atoms with Gasteiger partial charge in [0.2, 0.25) is 0 Å². The van der Waals surface area contributed by atoms with Crippen LogP contribution in [0.2, 0.25) is 0 Å². The van der Waals surface area contributed by atoms with Crippen LogP contribution in [0.3, 0.4) is 0 Å². The van der Waals surface area contributed by atoms with Crippen LogP contribution in [-0.4, -0.2) is 37.7 Å². The maximum Gasteiger partial charge on any atom is 0.329 e. The molecule has 0 atom stereocenters. The summed E-state index contributed by atoms with van der Waals surface area (Å²) in [5.74, 6) is -1.34. The summed E-state index contributed by atoms with van der Waals surface area (Å²) in [7, 11) is 1.46. The van der Waals surface area contributed by atoms with Crippen LogP contribution < -0.4 is 25.5 Å². The molecule has 0 radical (unpaired) electrons. The largest absolute Gasteiger partial charge is 0.493 e. The van der Waals surface area contributed by atoms with Crippen molar-refractivity contribution in [2.75, 3.05) is 19.0 Å². The van der Waals surface area contributed by atoms with Gasteiger partial charge in [-0.25, -0.2) is 5.43 Å². The Bertz CT molecular complexity index is 1290. The molecular formula is C27H27BrN4O5. The average molecular weight is 567 g/mol. The Hall–Kier alpha value is -4.18. The van der Waals surface area contributed by atoms with E-state index in [9.17, 15) is 14.4 Å². The maximum absolute atomic E-state index is 12.3. The zero-order valence-corrected chi connectivity index (χ0v) is 22.2. The van der Waals surface area contributed by atoms with Crippen molar-refractivity contribution in [3.8, 4) is 11.5 Å². The van der Waals surface area contributed by atoms with Crippen LogP contribution in [0.25, 0.3) is 0 Å². The number of ether oxygens (including phenoxy) is 2. The van der Waals surface area contributed by atoms with Crippen molar-refractivity contribution in [1.82, 2.24) is 10.7 Å². The number of hydrogen-bond acceptors (Lipinski definition) is 6. The molecule has 0 bridgehead atoms. The monoisotopic (exact) mass is 566 g/mol. The summed E-state index contributed by atoms with van der Waals surface area (Å²) in [4.78, 5) is 36.3. The Morgan fingerprint density at radius 1 is 0.946 bits per heavy atom. The van der Waals surface area contributed by atoms with Crippen molar-refractivity contribution in [3.05, 3.63) is 87.4 Å².